The van der Waals surface area contributed by atoms with Gasteiger partial charge in [0.1, 0.15) is 66.5 Å². The minimum absolute atomic E-state index is 0.0340. The topological polar surface area (TPSA) is 517 Å². The molecule has 12 atom stereocenters. The van der Waals surface area contributed by atoms with Crippen LogP contribution in [0.15, 0.2) is 30.3 Å². The summed E-state index contributed by atoms with van der Waals surface area (Å²) in [4.78, 5) is 167. The molecule has 2 unspecified atom stereocenters. The van der Waals surface area contributed by atoms with Gasteiger partial charge < -0.3 is 102 Å². The van der Waals surface area contributed by atoms with Crippen molar-refractivity contribution in [2.45, 2.75) is 210 Å². The lowest BCUT2D eigenvalue weighted by atomic mass is 10.00. The highest BCUT2D eigenvalue weighted by Crippen LogP contribution is 2.14. The van der Waals surface area contributed by atoms with E-state index in [1.807, 2.05) is 13.8 Å². The van der Waals surface area contributed by atoms with Gasteiger partial charge in [0.2, 0.25) is 65.0 Å². The van der Waals surface area contributed by atoms with Crippen molar-refractivity contribution in [3.63, 3.8) is 0 Å². The lowest BCUT2D eigenvalue weighted by Gasteiger charge is -2.29. The van der Waals surface area contributed by atoms with Crippen LogP contribution in [0.2, 0.25) is 0 Å². The molecule has 31 nitrogen and oxygen atoms in total. The first-order valence-electron chi connectivity index (χ1n) is 30.7. The summed E-state index contributed by atoms with van der Waals surface area (Å²) in [7, 11) is 0. The Balaban J connectivity index is 2.65. The van der Waals surface area contributed by atoms with Crippen molar-refractivity contribution in [2.24, 2.45) is 34.6 Å². The first-order valence-corrected chi connectivity index (χ1v) is 30.7. The zero-order chi connectivity index (χ0) is 66.8. The van der Waals surface area contributed by atoms with Crippen LogP contribution in [0.3, 0.4) is 0 Å². The second kappa shape index (κ2) is 41.7. The van der Waals surface area contributed by atoms with E-state index in [-0.39, 0.29) is 103 Å². The summed E-state index contributed by atoms with van der Waals surface area (Å²) in [6.45, 7) is 8.46. The average molecular weight is 1260 g/mol. The van der Waals surface area contributed by atoms with E-state index >= 15 is 0 Å². The molecule has 0 aromatic heterocycles. The smallest absolute Gasteiger partial charge is 0.306 e. The quantitative estimate of drug-likeness (QED) is 0.0308. The molecule has 1 fully saturated rings. The van der Waals surface area contributed by atoms with E-state index in [0.29, 0.717) is 18.4 Å². The van der Waals surface area contributed by atoms with Crippen LogP contribution in [0.1, 0.15) is 131 Å². The predicted octanol–water partition coefficient (Wildman–Crippen LogP) is -5.56. The number of hydrogen-bond donors (Lipinski definition) is 18. The first-order chi connectivity index (χ1) is 42.3. The van der Waals surface area contributed by atoms with E-state index in [4.69, 9.17) is 33.4 Å². The number of carbonyl (C=O) groups excluding carboxylic acids is 12. The Hall–Kier alpha value is -7.42. The lowest BCUT2D eigenvalue weighted by molar-refractivity contribution is -0.151. The van der Waals surface area contributed by atoms with Gasteiger partial charge in [0, 0.05) is 19.4 Å². The summed E-state index contributed by atoms with van der Waals surface area (Å²) in [5.74, 6) is -11.2. The van der Waals surface area contributed by atoms with Gasteiger partial charge in [-0.25, -0.2) is 0 Å². The standard InChI is InChI=1S/C58H100N16O15/c1-7-12-36(13-8-2)89-46(78)17-16-45(77)65-37(18-24-59)53(83)74-48(34(6)76)58(88)70-40(21-27-62)50(80)69-42-23-29-64-57(87)47(33(5)75)73-54(84)41(22-28-63)67-49(79)38(19-25-60)68-55(85)43(30-32(3)4)71-56(86)44(31-35-14-10-9-11-15-35)72-51(81)39(20-26-61)66-52(42)82/h9-11,14-15,32-34,36-44,47-48,75-76H,7-8,12-13,16-31,59-63H2,1-6H3,(H,64,87)(H,65,77)(H,66,82)(H,67,79)(H,68,85)(H,69,80)(H,70,88)(H,71,86)(H,72,81)(H,73,84)(H,74,83)/t33?,34?,37-,38-,39-,40-,41-,42-,43-,44+,47-,48-/m0/s1. The van der Waals surface area contributed by atoms with Crippen molar-refractivity contribution in [1.29, 1.82) is 0 Å². The molecular weight excluding hydrogens is 1160 g/mol. The Bertz CT molecular complexity index is 2450. The number of aliphatic hydroxyl groups excluding tert-OH is 2. The van der Waals surface area contributed by atoms with Crippen molar-refractivity contribution in [3.8, 4) is 0 Å². The van der Waals surface area contributed by atoms with Crippen LogP contribution in [0.25, 0.3) is 0 Å². The van der Waals surface area contributed by atoms with Crippen molar-refractivity contribution in [3.05, 3.63) is 35.9 Å². The van der Waals surface area contributed by atoms with Crippen LogP contribution < -0.4 is 87.2 Å². The van der Waals surface area contributed by atoms with Crippen LogP contribution in [0, 0.1) is 5.92 Å². The average Bonchev–Trinajstić information content (AvgIpc) is 3.67. The van der Waals surface area contributed by atoms with Gasteiger partial charge in [-0.15, -0.1) is 0 Å². The van der Waals surface area contributed by atoms with E-state index in [2.05, 4.69) is 58.5 Å². The maximum absolute atomic E-state index is 14.6. The highest BCUT2D eigenvalue weighted by Gasteiger charge is 2.38. The van der Waals surface area contributed by atoms with Crippen LogP contribution in [-0.2, 0) is 68.7 Å². The van der Waals surface area contributed by atoms with Gasteiger partial charge in [0.25, 0.3) is 0 Å². The third kappa shape index (κ3) is 28.3. The molecule has 0 aliphatic carbocycles. The van der Waals surface area contributed by atoms with Gasteiger partial charge in [0.05, 0.1) is 18.6 Å². The molecule has 1 heterocycles. The van der Waals surface area contributed by atoms with Gasteiger partial charge in [-0.1, -0.05) is 70.9 Å². The Morgan fingerprint density at radius 3 is 1.54 bits per heavy atom. The van der Waals surface area contributed by atoms with Crippen molar-refractivity contribution < 1.29 is 72.5 Å². The fraction of sp³-hybridized carbons (Fsp3) is 0.690. The molecule has 0 bridgehead atoms. The summed E-state index contributed by atoms with van der Waals surface area (Å²) in [6, 6.07) is -6.70. The molecule has 1 aromatic carbocycles. The first kappa shape index (κ1) is 77.7. The van der Waals surface area contributed by atoms with E-state index in [1.165, 1.54) is 6.92 Å². The van der Waals surface area contributed by atoms with Crippen LogP contribution in [0.4, 0.5) is 0 Å². The van der Waals surface area contributed by atoms with Gasteiger partial charge in [-0.2, -0.15) is 0 Å². The Morgan fingerprint density at radius 1 is 0.562 bits per heavy atom. The minimum Gasteiger partial charge on any atom is -0.462 e. The van der Waals surface area contributed by atoms with Gasteiger partial charge in [-0.05, 0) is 116 Å². The number of ether oxygens (including phenoxy) is 1. The minimum atomic E-state index is -1.78. The number of esters is 1. The number of benzene rings is 1. The zero-order valence-electron chi connectivity index (χ0n) is 52.2. The summed E-state index contributed by atoms with van der Waals surface area (Å²) in [5, 5.41) is 49.4. The summed E-state index contributed by atoms with van der Waals surface area (Å²) in [6.07, 6.45) is -2.88. The zero-order valence-corrected chi connectivity index (χ0v) is 52.2. The molecule has 0 saturated carbocycles. The molecule has 502 valence electrons. The highest BCUT2D eigenvalue weighted by molar-refractivity contribution is 5.99. The molecule has 0 spiro atoms. The van der Waals surface area contributed by atoms with Crippen LogP contribution in [0.5, 0.6) is 0 Å². The number of amides is 11. The summed E-state index contributed by atoms with van der Waals surface area (Å²) < 4.78 is 5.52. The number of nitrogens with two attached hydrogens (primary N) is 5. The van der Waals surface area contributed by atoms with Crippen molar-refractivity contribution in [1.82, 2.24) is 58.5 Å². The molecule has 2 rings (SSSR count). The number of carbonyl (C=O) groups is 12. The molecular formula is C58H100N16O15. The fourth-order valence-corrected chi connectivity index (χ4v) is 9.50. The molecule has 1 saturated heterocycles. The Labute approximate surface area is 520 Å². The Kier molecular flexibility index (Phi) is 36.4. The SMILES string of the molecule is CCCC(CCC)OC(=O)CCC(=O)N[C@@H](CCN)C(=O)N[C@H](C(=O)N[C@@H](CCN)C(=O)N[C@H]1CCNC(=O)[C@H](C(C)O)NC(=O)[C@H](CCN)NC(=O)[C@H](CCN)NC(=O)[C@H](CC(C)C)NC(=O)[C@@H](Cc2ccccc2)NC(=O)[C@H](CCN)NC1=O)C(C)O. The normalized spacial score (nSPS) is 22.0. The molecule has 31 heteroatoms. The number of aliphatic hydroxyl groups is 2. The van der Waals surface area contributed by atoms with Crippen LogP contribution in [-0.4, -0.2) is 199 Å². The molecule has 89 heavy (non-hydrogen) atoms. The van der Waals surface area contributed by atoms with E-state index in [0.717, 1.165) is 19.8 Å². The number of rotatable bonds is 31. The second-order valence-corrected chi connectivity index (χ2v) is 22.5. The third-order valence-corrected chi connectivity index (χ3v) is 14.3. The van der Waals surface area contributed by atoms with E-state index in [9.17, 15) is 67.7 Å². The monoisotopic (exact) mass is 1260 g/mol. The van der Waals surface area contributed by atoms with Crippen molar-refractivity contribution in [2.75, 3.05) is 39.3 Å². The fourth-order valence-electron chi connectivity index (χ4n) is 9.50. The van der Waals surface area contributed by atoms with Gasteiger partial charge in [-0.3, -0.25) is 57.5 Å². The molecule has 11 amide bonds. The predicted molar refractivity (Wildman–Crippen MR) is 327 cm³/mol. The maximum atomic E-state index is 14.6. The third-order valence-electron chi connectivity index (χ3n) is 14.3. The highest BCUT2D eigenvalue weighted by atomic mass is 16.5. The summed E-state index contributed by atoms with van der Waals surface area (Å²) >= 11 is 0. The van der Waals surface area contributed by atoms with E-state index < -0.39 is 157 Å². The summed E-state index contributed by atoms with van der Waals surface area (Å²) in [5.41, 5.74) is 29.9. The lowest BCUT2D eigenvalue weighted by Crippen LogP contribution is -2.62. The second-order valence-electron chi connectivity index (χ2n) is 22.5. The molecule has 1 aliphatic heterocycles. The van der Waals surface area contributed by atoms with Gasteiger partial charge >= 0.3 is 5.97 Å². The number of nitrogens with one attached hydrogen (secondary N) is 11. The molecule has 23 N–H and O–H groups in total. The Morgan fingerprint density at radius 2 is 1.04 bits per heavy atom. The van der Waals surface area contributed by atoms with Gasteiger partial charge in [0.15, 0.2) is 0 Å². The van der Waals surface area contributed by atoms with Crippen LogP contribution >= 0.6 is 0 Å². The molecule has 1 aromatic rings. The number of hydrogen-bond acceptors (Lipinski definition) is 20. The largest absolute Gasteiger partial charge is 0.462 e. The molecule has 1 aliphatic rings. The molecule has 0 radical (unpaired) electrons. The van der Waals surface area contributed by atoms with E-state index in [1.54, 1.807) is 44.2 Å². The maximum Gasteiger partial charge on any atom is 0.306 e. The van der Waals surface area contributed by atoms with Crippen molar-refractivity contribution >= 4 is 70.9 Å².